The van der Waals surface area contributed by atoms with Gasteiger partial charge in [-0.1, -0.05) is 18.2 Å². The third-order valence-electron chi connectivity index (χ3n) is 6.98. The first-order chi connectivity index (χ1) is 19.8. The highest BCUT2D eigenvalue weighted by Crippen LogP contribution is 2.29. The second-order valence-electron chi connectivity index (χ2n) is 10.4. The summed E-state index contributed by atoms with van der Waals surface area (Å²) in [5.41, 5.74) is 5.28. The molecule has 0 saturated heterocycles. The molecule has 0 radical (unpaired) electrons. The van der Waals surface area contributed by atoms with E-state index >= 15 is 0 Å². The number of hydrogen-bond donors (Lipinski definition) is 4. The maximum atomic E-state index is 14.4. The van der Waals surface area contributed by atoms with Gasteiger partial charge in [0.25, 0.3) is 0 Å². The summed E-state index contributed by atoms with van der Waals surface area (Å²) in [4.78, 5) is 39.1. The van der Waals surface area contributed by atoms with E-state index in [9.17, 15) is 37.1 Å². The number of aliphatic hydroxyl groups is 1. The predicted molar refractivity (Wildman–Crippen MR) is 146 cm³/mol. The smallest absolute Gasteiger partial charge is 0.416 e. The van der Waals surface area contributed by atoms with Crippen LogP contribution < -0.4 is 21.1 Å². The van der Waals surface area contributed by atoms with Gasteiger partial charge in [-0.2, -0.15) is 13.2 Å². The van der Waals surface area contributed by atoms with E-state index < -0.39 is 54.0 Å². The van der Waals surface area contributed by atoms with E-state index in [-0.39, 0.29) is 37.6 Å². The summed E-state index contributed by atoms with van der Waals surface area (Å²) in [5, 5.41) is 16.6. The predicted octanol–water partition coefficient (Wildman–Crippen LogP) is 2.68. The van der Waals surface area contributed by atoms with Crippen molar-refractivity contribution < 1.29 is 41.8 Å². The lowest BCUT2D eigenvalue weighted by atomic mass is 9.99. The molecule has 9 nitrogen and oxygen atoms in total. The Morgan fingerprint density at radius 2 is 1.95 bits per heavy atom. The largest absolute Gasteiger partial charge is 0.493 e. The third-order valence-corrected chi connectivity index (χ3v) is 6.98. The van der Waals surface area contributed by atoms with Crippen molar-refractivity contribution in [3.05, 3.63) is 65.0 Å². The van der Waals surface area contributed by atoms with Gasteiger partial charge < -0.3 is 31.1 Å². The third kappa shape index (κ3) is 9.98. The van der Waals surface area contributed by atoms with E-state index in [1.807, 2.05) is 0 Å². The number of amides is 3. The number of nitrogens with two attached hydrogens (primary N) is 1. The minimum Gasteiger partial charge on any atom is -0.493 e. The highest BCUT2D eigenvalue weighted by molar-refractivity contribution is 5.91. The summed E-state index contributed by atoms with van der Waals surface area (Å²) in [5.74, 6) is -2.23. The Morgan fingerprint density at radius 3 is 2.67 bits per heavy atom. The van der Waals surface area contributed by atoms with Crippen LogP contribution in [-0.2, 0) is 33.5 Å². The van der Waals surface area contributed by atoms with Crippen LogP contribution in [0.15, 0.2) is 42.5 Å². The Balaban J connectivity index is 1.84. The van der Waals surface area contributed by atoms with Crippen LogP contribution in [0.5, 0.6) is 5.75 Å². The SMILES string of the molecule is CN1C(=O)CCCCCOc2cc(F)cc(c2)C[C@@H]([C@H](O)CNCc2cccc(C(F)(F)F)c2)NC(=O)C1CC(N)=O. The molecule has 42 heavy (non-hydrogen) atoms. The average Bonchev–Trinajstić information content (AvgIpc) is 2.91. The Kier molecular flexibility index (Phi) is 11.7. The molecule has 3 atom stereocenters. The molecule has 2 bridgehead atoms. The van der Waals surface area contributed by atoms with Crippen molar-refractivity contribution in [2.24, 2.45) is 5.73 Å². The fourth-order valence-electron chi connectivity index (χ4n) is 4.69. The zero-order valence-electron chi connectivity index (χ0n) is 23.3. The maximum Gasteiger partial charge on any atom is 0.416 e. The fraction of sp³-hybridized carbons (Fsp3) is 0.483. The van der Waals surface area contributed by atoms with E-state index in [0.29, 0.717) is 37.0 Å². The molecular weight excluding hydrogens is 560 g/mol. The molecule has 0 fully saturated rings. The van der Waals surface area contributed by atoms with Gasteiger partial charge in [-0.15, -0.1) is 0 Å². The van der Waals surface area contributed by atoms with Gasteiger partial charge >= 0.3 is 6.18 Å². The Bertz CT molecular complexity index is 1240. The molecule has 1 aliphatic rings. The summed E-state index contributed by atoms with van der Waals surface area (Å²) in [6.07, 6.45) is -4.45. The van der Waals surface area contributed by atoms with Crippen LogP contribution in [0.4, 0.5) is 17.6 Å². The molecule has 0 aromatic heterocycles. The number of nitrogens with zero attached hydrogens (tertiary/aromatic N) is 1. The number of likely N-dealkylation sites (N-methyl/N-ethyl adjacent to an activating group) is 1. The van der Waals surface area contributed by atoms with Crippen molar-refractivity contribution in [3.8, 4) is 5.75 Å². The van der Waals surface area contributed by atoms with Crippen molar-refractivity contribution in [1.29, 1.82) is 0 Å². The molecule has 3 amide bonds. The van der Waals surface area contributed by atoms with E-state index in [1.54, 1.807) is 6.07 Å². The number of carbonyl (C=O) groups excluding carboxylic acids is 3. The van der Waals surface area contributed by atoms with E-state index in [1.165, 1.54) is 31.3 Å². The van der Waals surface area contributed by atoms with Gasteiger partial charge in [0, 0.05) is 32.6 Å². The number of carbonyl (C=O) groups is 3. The number of fused-ring (bicyclic) bond motifs is 2. The minimum atomic E-state index is -4.51. The zero-order chi connectivity index (χ0) is 30.9. The number of nitrogens with one attached hydrogen (secondary N) is 2. The van der Waals surface area contributed by atoms with Crippen LogP contribution in [-0.4, -0.2) is 66.1 Å². The molecule has 0 saturated carbocycles. The molecule has 2 aromatic rings. The number of hydrogen-bond acceptors (Lipinski definition) is 6. The molecule has 5 N–H and O–H groups in total. The second-order valence-corrected chi connectivity index (χ2v) is 10.4. The molecule has 0 aliphatic carbocycles. The summed E-state index contributed by atoms with van der Waals surface area (Å²) >= 11 is 0. The Hall–Kier alpha value is -3.71. The quantitative estimate of drug-likeness (QED) is 0.364. The first-order valence-electron chi connectivity index (χ1n) is 13.6. The first kappa shape index (κ1) is 32.8. The van der Waals surface area contributed by atoms with Gasteiger partial charge in [0.1, 0.15) is 17.6 Å². The number of primary amides is 1. The molecule has 0 spiro atoms. The molecule has 3 rings (SSSR count). The number of alkyl halides is 3. The monoisotopic (exact) mass is 596 g/mol. The summed E-state index contributed by atoms with van der Waals surface area (Å²) in [6.45, 7) is 0.121. The van der Waals surface area contributed by atoms with Gasteiger partial charge in [-0.05, 0) is 55.0 Å². The highest BCUT2D eigenvalue weighted by atomic mass is 19.4. The summed E-state index contributed by atoms with van der Waals surface area (Å²) in [7, 11) is 1.39. The number of halogens is 4. The van der Waals surface area contributed by atoms with Crippen LogP contribution in [0.2, 0.25) is 0 Å². The molecule has 230 valence electrons. The van der Waals surface area contributed by atoms with Gasteiger partial charge in [0.2, 0.25) is 17.7 Å². The first-order valence-corrected chi connectivity index (χ1v) is 13.6. The van der Waals surface area contributed by atoms with Crippen molar-refractivity contribution in [2.75, 3.05) is 20.2 Å². The molecule has 1 unspecified atom stereocenters. The van der Waals surface area contributed by atoms with Crippen LogP contribution in [0.3, 0.4) is 0 Å². The van der Waals surface area contributed by atoms with Gasteiger partial charge in [0.15, 0.2) is 0 Å². The van der Waals surface area contributed by atoms with Crippen LogP contribution in [0.25, 0.3) is 0 Å². The van der Waals surface area contributed by atoms with Crippen molar-refractivity contribution in [3.63, 3.8) is 0 Å². The topological polar surface area (TPSA) is 134 Å². The fourth-order valence-corrected chi connectivity index (χ4v) is 4.69. The summed E-state index contributed by atoms with van der Waals surface area (Å²) < 4.78 is 59.3. The highest BCUT2D eigenvalue weighted by Gasteiger charge is 2.32. The molecule has 2 aromatic carbocycles. The van der Waals surface area contributed by atoms with Crippen LogP contribution in [0.1, 0.15) is 48.8 Å². The van der Waals surface area contributed by atoms with Gasteiger partial charge in [-0.25, -0.2) is 4.39 Å². The Labute approximate surface area is 241 Å². The Morgan fingerprint density at radius 1 is 1.19 bits per heavy atom. The zero-order valence-corrected chi connectivity index (χ0v) is 23.3. The summed E-state index contributed by atoms with van der Waals surface area (Å²) in [6, 6.07) is 6.46. The normalized spacial score (nSPS) is 20.0. The minimum absolute atomic E-state index is 0.0128. The van der Waals surface area contributed by atoms with Gasteiger partial charge in [-0.3, -0.25) is 14.4 Å². The number of ether oxygens (including phenoxy) is 1. The van der Waals surface area contributed by atoms with Crippen molar-refractivity contribution >= 4 is 17.7 Å². The molecule has 13 heteroatoms. The second kappa shape index (κ2) is 15.0. The standard InChI is InChI=1S/C29H36F4N4O5/c1-37-24(15-26(34)39)28(41)36-23(25(38)17-35-16-18-6-5-7-20(10-18)29(31,32)33)13-19-11-21(30)14-22(12-19)42-9-4-2-3-8-27(37)40/h5-7,10-12,14,23-25,35,38H,2-4,8-9,13,15-17H2,1H3,(H2,34,39)(H,36,41)/t23-,24?,25+/m0/s1. The molecule has 1 aliphatic heterocycles. The van der Waals surface area contributed by atoms with Crippen molar-refractivity contribution in [2.45, 2.75) is 69.4 Å². The molecule has 1 heterocycles. The maximum absolute atomic E-state index is 14.4. The number of aliphatic hydroxyl groups excluding tert-OH is 1. The van der Waals surface area contributed by atoms with E-state index in [4.69, 9.17) is 10.5 Å². The lowest BCUT2D eigenvalue weighted by Crippen LogP contribution is -2.55. The van der Waals surface area contributed by atoms with Crippen LogP contribution >= 0.6 is 0 Å². The lowest BCUT2D eigenvalue weighted by molar-refractivity contribution is -0.141. The van der Waals surface area contributed by atoms with Crippen molar-refractivity contribution in [1.82, 2.24) is 15.5 Å². The number of benzene rings is 2. The average molecular weight is 597 g/mol. The van der Waals surface area contributed by atoms with E-state index in [2.05, 4.69) is 10.6 Å². The van der Waals surface area contributed by atoms with Gasteiger partial charge in [0.05, 0.1) is 30.7 Å². The lowest BCUT2D eigenvalue weighted by Gasteiger charge is -2.31. The van der Waals surface area contributed by atoms with Crippen LogP contribution in [0, 0.1) is 5.82 Å². The number of rotatable bonds is 7. The molecular formula is C29H36F4N4O5. The van der Waals surface area contributed by atoms with E-state index in [0.717, 1.165) is 17.0 Å².